The maximum atomic E-state index is 12.4. The Labute approximate surface area is 147 Å². The largest absolute Gasteiger partial charge is 0.348 e. The Bertz CT molecular complexity index is 1110. The van der Waals surface area contributed by atoms with Crippen LogP contribution in [0.5, 0.6) is 0 Å². The molecule has 1 amide bonds. The molecule has 0 aliphatic rings. The fraction of sp³-hybridized carbons (Fsp3) is 0.167. The molecule has 0 saturated carbocycles. The predicted octanol–water partition coefficient (Wildman–Crippen LogP) is 2.27. The van der Waals surface area contributed by atoms with Crippen LogP contribution >= 0.6 is 11.3 Å². The van der Waals surface area contributed by atoms with Crippen LogP contribution < -0.4 is 11.0 Å². The summed E-state index contributed by atoms with van der Waals surface area (Å²) >= 11 is 1.56. The van der Waals surface area contributed by atoms with Gasteiger partial charge >= 0.3 is 5.69 Å². The summed E-state index contributed by atoms with van der Waals surface area (Å²) in [6.45, 7) is 0.350. The van der Waals surface area contributed by atoms with Gasteiger partial charge < -0.3 is 5.32 Å². The van der Waals surface area contributed by atoms with Crippen LogP contribution in [0.15, 0.2) is 53.3 Å². The van der Waals surface area contributed by atoms with Gasteiger partial charge in [-0.25, -0.2) is 9.78 Å². The Morgan fingerprint density at radius 2 is 1.84 bits per heavy atom. The molecule has 0 aliphatic carbocycles. The number of aromatic nitrogens is 3. The zero-order valence-electron chi connectivity index (χ0n) is 13.6. The third-order valence-corrected chi connectivity index (χ3v) is 5.16. The number of rotatable bonds is 4. The lowest BCUT2D eigenvalue weighted by atomic mass is 10.3. The van der Waals surface area contributed by atoms with Crippen molar-refractivity contribution in [2.24, 2.45) is 7.05 Å². The highest BCUT2D eigenvalue weighted by molar-refractivity contribution is 7.18. The summed E-state index contributed by atoms with van der Waals surface area (Å²) in [7, 11) is 1.71. The molecule has 2 heterocycles. The zero-order chi connectivity index (χ0) is 17.4. The molecule has 6 nitrogen and oxygen atoms in total. The standard InChI is InChI=1S/C18H16N4O2S/c1-21-13-7-3-4-8-14(13)22(18(21)24)11-16(23)19-10-17-20-12-6-2-5-9-15(12)25-17/h2-9H,10-11H2,1H3,(H,19,23). The van der Waals surface area contributed by atoms with Gasteiger partial charge in [0.25, 0.3) is 0 Å². The van der Waals surface area contributed by atoms with Crippen molar-refractivity contribution in [3.63, 3.8) is 0 Å². The van der Waals surface area contributed by atoms with Gasteiger partial charge in [-0.1, -0.05) is 24.3 Å². The molecule has 4 rings (SSSR count). The van der Waals surface area contributed by atoms with Crippen LogP contribution in [0.3, 0.4) is 0 Å². The number of thiazole rings is 1. The minimum atomic E-state index is -0.210. The smallest absolute Gasteiger partial charge is 0.329 e. The summed E-state index contributed by atoms with van der Waals surface area (Å²) < 4.78 is 4.14. The van der Waals surface area contributed by atoms with Gasteiger partial charge in [0, 0.05) is 7.05 Å². The van der Waals surface area contributed by atoms with E-state index in [9.17, 15) is 9.59 Å². The normalized spacial score (nSPS) is 11.2. The summed E-state index contributed by atoms with van der Waals surface area (Å²) in [6.07, 6.45) is 0. The lowest BCUT2D eigenvalue weighted by molar-refractivity contribution is -0.121. The summed E-state index contributed by atoms with van der Waals surface area (Å²) in [5.41, 5.74) is 2.30. The van der Waals surface area contributed by atoms with E-state index in [4.69, 9.17) is 0 Å². The third kappa shape index (κ3) is 2.83. The van der Waals surface area contributed by atoms with Gasteiger partial charge in [0.1, 0.15) is 11.6 Å². The van der Waals surface area contributed by atoms with Gasteiger partial charge in [0.05, 0.1) is 27.8 Å². The van der Waals surface area contributed by atoms with Crippen LogP contribution in [-0.4, -0.2) is 20.0 Å². The first kappa shape index (κ1) is 15.6. The number of amides is 1. The highest BCUT2D eigenvalue weighted by Gasteiger charge is 2.13. The second-order valence-corrected chi connectivity index (χ2v) is 6.88. The van der Waals surface area contributed by atoms with E-state index in [-0.39, 0.29) is 18.1 Å². The van der Waals surface area contributed by atoms with E-state index in [1.54, 1.807) is 23.0 Å². The maximum absolute atomic E-state index is 12.4. The van der Waals surface area contributed by atoms with E-state index in [1.807, 2.05) is 48.5 Å². The monoisotopic (exact) mass is 352 g/mol. The SMILES string of the molecule is Cn1c(=O)n(CC(=O)NCc2nc3ccccc3s2)c2ccccc21. The van der Waals surface area contributed by atoms with Crippen molar-refractivity contribution >= 4 is 38.5 Å². The lowest BCUT2D eigenvalue weighted by Gasteiger charge is -2.04. The Kier molecular flexibility index (Phi) is 3.85. The quantitative estimate of drug-likeness (QED) is 0.613. The number of hydrogen-bond donors (Lipinski definition) is 1. The first-order chi connectivity index (χ1) is 12.1. The van der Waals surface area contributed by atoms with Gasteiger partial charge in [-0.05, 0) is 24.3 Å². The second-order valence-electron chi connectivity index (χ2n) is 5.77. The molecule has 0 saturated heterocycles. The molecular formula is C18H16N4O2S. The maximum Gasteiger partial charge on any atom is 0.329 e. The van der Waals surface area contributed by atoms with Crippen molar-refractivity contribution in [2.75, 3.05) is 0 Å². The average molecular weight is 352 g/mol. The number of fused-ring (bicyclic) bond motifs is 2. The van der Waals surface area contributed by atoms with Crippen LogP contribution in [-0.2, 0) is 24.9 Å². The molecule has 0 fully saturated rings. The van der Waals surface area contributed by atoms with E-state index >= 15 is 0 Å². The molecular weight excluding hydrogens is 336 g/mol. The van der Waals surface area contributed by atoms with E-state index in [1.165, 1.54) is 4.57 Å². The summed E-state index contributed by atoms with van der Waals surface area (Å²) in [6, 6.07) is 15.3. The topological polar surface area (TPSA) is 68.9 Å². The molecule has 0 bridgehead atoms. The van der Waals surface area contributed by atoms with Crippen molar-refractivity contribution < 1.29 is 4.79 Å². The molecule has 2 aromatic carbocycles. The van der Waals surface area contributed by atoms with Gasteiger partial charge in [0.15, 0.2) is 0 Å². The number of benzene rings is 2. The summed E-state index contributed by atoms with van der Waals surface area (Å²) in [5, 5.41) is 3.70. The Hall–Kier alpha value is -2.93. The van der Waals surface area contributed by atoms with E-state index in [0.717, 1.165) is 26.3 Å². The molecule has 0 spiro atoms. The second kappa shape index (κ2) is 6.18. The number of hydrogen-bond acceptors (Lipinski definition) is 4. The Morgan fingerprint density at radius 3 is 2.64 bits per heavy atom. The highest BCUT2D eigenvalue weighted by Crippen LogP contribution is 2.21. The predicted molar refractivity (Wildman–Crippen MR) is 98.6 cm³/mol. The van der Waals surface area contributed by atoms with Crippen LogP contribution in [0.2, 0.25) is 0 Å². The number of carbonyl (C=O) groups excluding carboxylic acids is 1. The Balaban J connectivity index is 1.51. The van der Waals surface area contributed by atoms with Gasteiger partial charge in [-0.2, -0.15) is 0 Å². The van der Waals surface area contributed by atoms with Gasteiger partial charge in [0.2, 0.25) is 5.91 Å². The molecule has 0 atom stereocenters. The number of imidazole rings is 1. The average Bonchev–Trinajstić information content (AvgIpc) is 3.15. The van der Waals surface area contributed by atoms with Crippen molar-refractivity contribution in [1.82, 2.24) is 19.4 Å². The van der Waals surface area contributed by atoms with Crippen molar-refractivity contribution in [1.29, 1.82) is 0 Å². The fourth-order valence-corrected chi connectivity index (χ4v) is 3.79. The number of aryl methyl sites for hydroxylation is 1. The van der Waals surface area contributed by atoms with E-state index < -0.39 is 0 Å². The molecule has 25 heavy (non-hydrogen) atoms. The van der Waals surface area contributed by atoms with Crippen LogP contribution in [0.1, 0.15) is 5.01 Å². The van der Waals surface area contributed by atoms with Crippen LogP contribution in [0.25, 0.3) is 21.3 Å². The van der Waals surface area contributed by atoms with Gasteiger partial charge in [-0.3, -0.25) is 13.9 Å². The first-order valence-electron chi connectivity index (χ1n) is 7.89. The summed E-state index contributed by atoms with van der Waals surface area (Å²) in [5.74, 6) is -0.210. The molecule has 2 aromatic heterocycles. The number of nitrogens with one attached hydrogen (secondary N) is 1. The number of carbonyl (C=O) groups is 1. The molecule has 0 unspecified atom stereocenters. The third-order valence-electron chi connectivity index (χ3n) is 4.13. The molecule has 4 aromatic rings. The minimum Gasteiger partial charge on any atom is -0.348 e. The molecule has 7 heteroatoms. The minimum absolute atomic E-state index is 0.00885. The van der Waals surface area contributed by atoms with Crippen LogP contribution in [0.4, 0.5) is 0 Å². The lowest BCUT2D eigenvalue weighted by Crippen LogP contribution is -2.32. The fourth-order valence-electron chi connectivity index (χ4n) is 2.89. The summed E-state index contributed by atoms with van der Waals surface area (Å²) in [4.78, 5) is 29.1. The van der Waals surface area contributed by atoms with Crippen molar-refractivity contribution in [3.8, 4) is 0 Å². The number of nitrogens with zero attached hydrogens (tertiary/aromatic N) is 3. The van der Waals surface area contributed by atoms with Crippen molar-refractivity contribution in [3.05, 3.63) is 64.0 Å². The molecule has 1 N–H and O–H groups in total. The molecule has 126 valence electrons. The number of para-hydroxylation sites is 3. The van der Waals surface area contributed by atoms with E-state index in [2.05, 4.69) is 10.3 Å². The molecule has 0 radical (unpaired) electrons. The highest BCUT2D eigenvalue weighted by atomic mass is 32.1. The molecule has 0 aliphatic heterocycles. The van der Waals surface area contributed by atoms with E-state index in [0.29, 0.717) is 6.54 Å². The van der Waals surface area contributed by atoms with Gasteiger partial charge in [-0.15, -0.1) is 11.3 Å². The van der Waals surface area contributed by atoms with Crippen molar-refractivity contribution in [2.45, 2.75) is 13.1 Å². The van der Waals surface area contributed by atoms with Crippen LogP contribution in [0, 0.1) is 0 Å². The first-order valence-corrected chi connectivity index (χ1v) is 8.70. The Morgan fingerprint density at radius 1 is 1.12 bits per heavy atom. The zero-order valence-corrected chi connectivity index (χ0v) is 14.4.